The topological polar surface area (TPSA) is 86.5 Å². The number of nitrogens with zero attached hydrogens (tertiary/aromatic N) is 2. The molecule has 144 valence electrons. The molecule has 1 aliphatic rings. The Hall–Kier alpha value is -2.48. The van der Waals surface area contributed by atoms with Crippen LogP contribution in [-0.4, -0.2) is 20.2 Å². The molecule has 0 unspecified atom stereocenters. The largest absolute Gasteiger partial charge is 0.308 e. The number of hydrogen-bond donors (Lipinski definition) is 3. The molecule has 5 rings (SSSR count). The maximum absolute atomic E-state index is 12.6. The van der Waals surface area contributed by atoms with Crippen LogP contribution in [0.15, 0.2) is 47.4 Å². The highest BCUT2D eigenvalue weighted by molar-refractivity contribution is 7.22. The number of aromatic amines is 2. The van der Waals surface area contributed by atoms with Gasteiger partial charge in [0, 0.05) is 22.2 Å². The van der Waals surface area contributed by atoms with Crippen molar-refractivity contribution in [2.45, 2.75) is 31.8 Å². The first-order chi connectivity index (χ1) is 13.2. The van der Waals surface area contributed by atoms with Gasteiger partial charge >= 0.3 is 0 Å². The fourth-order valence-electron chi connectivity index (χ4n) is 3.76. The van der Waals surface area contributed by atoms with Crippen LogP contribution in [0.4, 0.5) is 0 Å². The molecule has 6 nitrogen and oxygen atoms in total. The summed E-state index contributed by atoms with van der Waals surface area (Å²) in [6.07, 6.45) is 3.77. The SMILES string of the molecule is Cc1[nH]ncc1-c1cc2nc([C@@H]3CC[C@H](c4ccccc4)N3)[nH]c(=O)c2s1.Cl. The number of fused-ring (bicyclic) bond motifs is 1. The second-order valence-electron chi connectivity index (χ2n) is 6.94. The van der Waals surface area contributed by atoms with Gasteiger partial charge in [-0.2, -0.15) is 5.10 Å². The van der Waals surface area contributed by atoms with Crippen LogP contribution < -0.4 is 10.9 Å². The van der Waals surface area contributed by atoms with Crippen LogP contribution in [-0.2, 0) is 0 Å². The van der Waals surface area contributed by atoms with Crippen LogP contribution in [0, 0.1) is 6.92 Å². The predicted molar refractivity (Wildman–Crippen MR) is 114 cm³/mol. The first-order valence-electron chi connectivity index (χ1n) is 9.04. The molecule has 1 aromatic carbocycles. The molecule has 4 aromatic rings. The van der Waals surface area contributed by atoms with Gasteiger partial charge in [0.15, 0.2) is 0 Å². The normalized spacial score (nSPS) is 19.0. The van der Waals surface area contributed by atoms with Crippen molar-refractivity contribution in [1.29, 1.82) is 0 Å². The second-order valence-corrected chi connectivity index (χ2v) is 8.00. The number of hydrogen-bond acceptors (Lipinski definition) is 5. The van der Waals surface area contributed by atoms with Gasteiger partial charge < -0.3 is 10.3 Å². The highest BCUT2D eigenvalue weighted by atomic mass is 35.5. The van der Waals surface area contributed by atoms with Crippen LogP contribution in [0.2, 0.25) is 0 Å². The van der Waals surface area contributed by atoms with Crippen LogP contribution in [0.5, 0.6) is 0 Å². The monoisotopic (exact) mass is 413 g/mol. The van der Waals surface area contributed by atoms with Gasteiger partial charge in [0.05, 0.1) is 17.8 Å². The molecule has 1 saturated heterocycles. The fourth-order valence-corrected chi connectivity index (χ4v) is 4.82. The highest BCUT2D eigenvalue weighted by Gasteiger charge is 2.28. The minimum Gasteiger partial charge on any atom is -0.308 e. The number of thiophene rings is 1. The molecule has 0 bridgehead atoms. The molecular weight excluding hydrogens is 394 g/mol. The van der Waals surface area contributed by atoms with Gasteiger partial charge in [-0.05, 0) is 31.4 Å². The van der Waals surface area contributed by atoms with E-state index in [2.05, 4.69) is 44.8 Å². The maximum atomic E-state index is 12.6. The van der Waals surface area contributed by atoms with E-state index in [0.717, 1.165) is 40.3 Å². The number of rotatable bonds is 3. The van der Waals surface area contributed by atoms with E-state index in [1.807, 2.05) is 19.1 Å². The number of halogens is 1. The van der Waals surface area contributed by atoms with Crippen molar-refractivity contribution in [2.75, 3.05) is 0 Å². The smallest absolute Gasteiger partial charge is 0.268 e. The molecule has 28 heavy (non-hydrogen) atoms. The Morgan fingerprint density at radius 1 is 1.14 bits per heavy atom. The van der Waals surface area contributed by atoms with E-state index in [-0.39, 0.29) is 24.0 Å². The summed E-state index contributed by atoms with van der Waals surface area (Å²) in [6.45, 7) is 1.97. The van der Waals surface area contributed by atoms with Gasteiger partial charge in [0.2, 0.25) is 0 Å². The molecule has 0 radical (unpaired) electrons. The van der Waals surface area contributed by atoms with Crippen molar-refractivity contribution in [3.63, 3.8) is 0 Å². The standard InChI is InChI=1S/C20H19N5OS.ClH/c1-11-13(10-21-25-11)17-9-16-18(27-17)20(26)24-19(23-16)15-8-7-14(22-15)12-5-3-2-4-6-12;/h2-6,9-10,14-15,22H,7-8H2,1H3,(H,21,25)(H,23,24,26);1H/t14-,15+;/m1./s1. The van der Waals surface area contributed by atoms with E-state index >= 15 is 0 Å². The Labute approximate surface area is 171 Å². The summed E-state index contributed by atoms with van der Waals surface area (Å²) in [5.41, 5.74) is 3.96. The van der Waals surface area contributed by atoms with Gasteiger partial charge in [-0.25, -0.2) is 4.98 Å². The van der Waals surface area contributed by atoms with E-state index < -0.39 is 0 Å². The number of benzene rings is 1. The quantitative estimate of drug-likeness (QED) is 0.468. The lowest BCUT2D eigenvalue weighted by atomic mass is 10.1. The van der Waals surface area contributed by atoms with Gasteiger partial charge in [-0.3, -0.25) is 9.89 Å². The van der Waals surface area contributed by atoms with Crippen molar-refractivity contribution in [3.8, 4) is 10.4 Å². The highest BCUT2D eigenvalue weighted by Crippen LogP contribution is 2.35. The summed E-state index contributed by atoms with van der Waals surface area (Å²) in [6, 6.07) is 12.8. The molecule has 2 atom stereocenters. The first kappa shape index (κ1) is 18.9. The molecular formula is C20H20ClN5OS. The molecule has 1 aliphatic heterocycles. The second kappa shape index (κ2) is 7.50. The minimum atomic E-state index is -0.0719. The van der Waals surface area contributed by atoms with Crippen LogP contribution in [0.1, 0.15) is 42.0 Å². The van der Waals surface area contributed by atoms with Gasteiger partial charge in [-0.15, -0.1) is 23.7 Å². The Kier molecular flexibility index (Phi) is 5.05. The molecule has 3 N–H and O–H groups in total. The van der Waals surface area contributed by atoms with E-state index in [1.54, 1.807) is 6.20 Å². The van der Waals surface area contributed by atoms with Crippen molar-refractivity contribution in [1.82, 2.24) is 25.5 Å². The van der Waals surface area contributed by atoms with E-state index in [9.17, 15) is 4.79 Å². The minimum absolute atomic E-state index is 0. The molecule has 1 fully saturated rings. The lowest BCUT2D eigenvalue weighted by Crippen LogP contribution is -2.22. The third-order valence-electron chi connectivity index (χ3n) is 5.17. The maximum Gasteiger partial charge on any atom is 0.268 e. The summed E-state index contributed by atoms with van der Waals surface area (Å²) in [5.74, 6) is 0.721. The number of H-pyrrole nitrogens is 2. The Morgan fingerprint density at radius 3 is 2.68 bits per heavy atom. The Balaban J connectivity index is 0.00000192. The summed E-state index contributed by atoms with van der Waals surface area (Å²) in [4.78, 5) is 21.4. The molecule has 0 aliphatic carbocycles. The lowest BCUT2D eigenvalue weighted by molar-refractivity contribution is 0.551. The molecule has 3 aromatic heterocycles. The zero-order chi connectivity index (χ0) is 18.4. The predicted octanol–water partition coefficient (Wildman–Crippen LogP) is 4.27. The van der Waals surface area contributed by atoms with Gasteiger partial charge in [-0.1, -0.05) is 30.3 Å². The van der Waals surface area contributed by atoms with Crippen molar-refractivity contribution >= 4 is 34.0 Å². The average molecular weight is 414 g/mol. The van der Waals surface area contributed by atoms with Crippen LogP contribution in [0.3, 0.4) is 0 Å². The summed E-state index contributed by atoms with van der Waals surface area (Å²) in [5, 5.41) is 10.6. The van der Waals surface area contributed by atoms with E-state index in [1.165, 1.54) is 16.9 Å². The zero-order valence-corrected chi connectivity index (χ0v) is 16.9. The summed E-state index contributed by atoms with van der Waals surface area (Å²) in [7, 11) is 0. The zero-order valence-electron chi connectivity index (χ0n) is 15.2. The summed E-state index contributed by atoms with van der Waals surface area (Å²) >= 11 is 1.46. The Morgan fingerprint density at radius 2 is 1.93 bits per heavy atom. The Bertz CT molecular complexity index is 1170. The van der Waals surface area contributed by atoms with Crippen molar-refractivity contribution < 1.29 is 0 Å². The van der Waals surface area contributed by atoms with Crippen molar-refractivity contribution in [2.24, 2.45) is 0 Å². The molecule has 8 heteroatoms. The lowest BCUT2D eigenvalue weighted by Gasteiger charge is -2.14. The molecule has 0 amide bonds. The van der Waals surface area contributed by atoms with Crippen molar-refractivity contribution in [3.05, 3.63) is 70.0 Å². The van der Waals surface area contributed by atoms with E-state index in [0.29, 0.717) is 10.7 Å². The average Bonchev–Trinajstić information content (AvgIpc) is 3.41. The summed E-state index contributed by atoms with van der Waals surface area (Å²) < 4.78 is 0.659. The van der Waals surface area contributed by atoms with E-state index in [4.69, 9.17) is 4.98 Å². The first-order valence-corrected chi connectivity index (χ1v) is 9.86. The van der Waals surface area contributed by atoms with Gasteiger partial charge in [0.1, 0.15) is 10.5 Å². The van der Waals surface area contributed by atoms with Crippen LogP contribution >= 0.6 is 23.7 Å². The third-order valence-corrected chi connectivity index (χ3v) is 6.33. The molecule has 0 saturated carbocycles. The number of nitrogens with one attached hydrogen (secondary N) is 3. The number of aryl methyl sites for hydroxylation is 1. The molecule has 0 spiro atoms. The fraction of sp³-hybridized carbons (Fsp3) is 0.250. The van der Waals surface area contributed by atoms with Crippen LogP contribution in [0.25, 0.3) is 20.7 Å². The van der Waals surface area contributed by atoms with Gasteiger partial charge in [0.25, 0.3) is 5.56 Å². The number of aromatic nitrogens is 4. The molecule has 4 heterocycles. The third kappa shape index (κ3) is 3.26.